The van der Waals surface area contributed by atoms with Gasteiger partial charge in [-0.05, 0) is 62.4 Å². The van der Waals surface area contributed by atoms with Gasteiger partial charge in [-0.15, -0.1) is 0 Å². The van der Waals surface area contributed by atoms with Crippen molar-refractivity contribution in [1.82, 2.24) is 14.5 Å². The molecule has 1 amide bonds. The van der Waals surface area contributed by atoms with Crippen LogP contribution in [0.4, 0.5) is 10.1 Å². The minimum atomic E-state index is -3.98. The SMILES string of the molecule is CCN(CC)C(=O)Cn1ccc2cc(NS(=O)(=O)c3ccc(F)c4ncccc34)ccc21. The molecule has 4 rings (SSSR count). The Labute approximate surface area is 185 Å². The van der Waals surface area contributed by atoms with Crippen LogP contribution in [-0.2, 0) is 21.4 Å². The smallest absolute Gasteiger partial charge is 0.262 e. The van der Waals surface area contributed by atoms with E-state index in [2.05, 4.69) is 9.71 Å². The Morgan fingerprint density at radius 3 is 2.66 bits per heavy atom. The molecule has 1 N–H and O–H groups in total. The number of aromatic nitrogens is 2. The van der Waals surface area contributed by atoms with Crippen molar-refractivity contribution in [1.29, 1.82) is 0 Å². The summed E-state index contributed by atoms with van der Waals surface area (Å²) in [6.07, 6.45) is 3.22. The molecule has 0 atom stereocenters. The van der Waals surface area contributed by atoms with Crippen LogP contribution in [0.2, 0.25) is 0 Å². The van der Waals surface area contributed by atoms with Crippen molar-refractivity contribution < 1.29 is 17.6 Å². The lowest BCUT2D eigenvalue weighted by atomic mass is 10.2. The molecule has 9 heteroatoms. The molecule has 166 valence electrons. The Balaban J connectivity index is 1.63. The summed E-state index contributed by atoms with van der Waals surface area (Å²) in [4.78, 5) is 18.1. The standard InChI is InChI=1S/C23H23FN4O3S/c1-3-27(4-2)22(29)15-28-13-11-16-14-17(7-9-20(16)28)26-32(30,31)21-10-8-19(24)23-18(21)6-5-12-25-23/h5-14,26H,3-4,15H2,1-2H3. The summed E-state index contributed by atoms with van der Waals surface area (Å²) in [5.41, 5.74) is 1.19. The molecule has 0 radical (unpaired) electrons. The van der Waals surface area contributed by atoms with Gasteiger partial charge in [-0.1, -0.05) is 0 Å². The van der Waals surface area contributed by atoms with E-state index in [0.29, 0.717) is 18.8 Å². The highest BCUT2D eigenvalue weighted by atomic mass is 32.2. The molecule has 0 fully saturated rings. The number of benzene rings is 2. The number of amides is 1. The Morgan fingerprint density at radius 2 is 1.91 bits per heavy atom. The van der Waals surface area contributed by atoms with Crippen molar-refractivity contribution in [2.24, 2.45) is 0 Å². The first-order valence-electron chi connectivity index (χ1n) is 10.3. The normalized spacial score (nSPS) is 11.7. The first-order chi connectivity index (χ1) is 15.3. The molecule has 4 aromatic rings. The van der Waals surface area contributed by atoms with Gasteiger partial charge in [0, 0.05) is 47.5 Å². The molecule has 0 aliphatic rings. The molecular weight excluding hydrogens is 431 g/mol. The molecule has 0 spiro atoms. The number of nitrogens with zero attached hydrogens (tertiary/aromatic N) is 3. The van der Waals surface area contributed by atoms with Gasteiger partial charge in [0.1, 0.15) is 17.9 Å². The molecule has 0 unspecified atom stereocenters. The van der Waals surface area contributed by atoms with Crippen LogP contribution in [0.3, 0.4) is 0 Å². The van der Waals surface area contributed by atoms with Crippen molar-refractivity contribution in [2.75, 3.05) is 17.8 Å². The molecule has 32 heavy (non-hydrogen) atoms. The van der Waals surface area contributed by atoms with E-state index < -0.39 is 15.8 Å². The molecule has 0 saturated carbocycles. The Hall–Kier alpha value is -3.46. The zero-order chi connectivity index (χ0) is 22.9. The number of pyridine rings is 1. The minimum absolute atomic E-state index is 0.000716. The number of nitrogens with one attached hydrogen (secondary N) is 1. The number of rotatable bonds is 7. The number of hydrogen-bond donors (Lipinski definition) is 1. The van der Waals surface area contributed by atoms with Gasteiger partial charge in [-0.25, -0.2) is 12.8 Å². The number of sulfonamides is 1. The molecule has 2 aromatic heterocycles. The largest absolute Gasteiger partial charge is 0.342 e. The van der Waals surface area contributed by atoms with E-state index in [4.69, 9.17) is 0 Å². The Kier molecular flexibility index (Phi) is 5.84. The maximum absolute atomic E-state index is 14.0. The minimum Gasteiger partial charge on any atom is -0.342 e. The van der Waals surface area contributed by atoms with Crippen molar-refractivity contribution in [3.8, 4) is 0 Å². The third-order valence-electron chi connectivity index (χ3n) is 5.41. The number of hydrogen-bond acceptors (Lipinski definition) is 4. The third kappa shape index (κ3) is 4.03. The Bertz CT molecular complexity index is 1410. The molecule has 0 aliphatic carbocycles. The maximum Gasteiger partial charge on any atom is 0.262 e. The third-order valence-corrected chi connectivity index (χ3v) is 6.85. The van der Waals surface area contributed by atoms with Crippen LogP contribution in [0.15, 0.2) is 65.8 Å². The second-order valence-electron chi connectivity index (χ2n) is 7.33. The average molecular weight is 455 g/mol. The quantitative estimate of drug-likeness (QED) is 0.458. The summed E-state index contributed by atoms with van der Waals surface area (Å²) in [5, 5.41) is 1.00. The lowest BCUT2D eigenvalue weighted by Gasteiger charge is -2.19. The van der Waals surface area contributed by atoms with Crippen LogP contribution in [0.1, 0.15) is 13.8 Å². The number of halogens is 1. The summed E-state index contributed by atoms with van der Waals surface area (Å²) >= 11 is 0. The van der Waals surface area contributed by atoms with Crippen molar-refractivity contribution in [2.45, 2.75) is 25.3 Å². The predicted octanol–water partition coefficient (Wildman–Crippen LogP) is 4.00. The summed E-state index contributed by atoms with van der Waals surface area (Å²) < 4.78 is 44.5. The molecule has 0 aliphatic heterocycles. The number of fused-ring (bicyclic) bond motifs is 2. The first kappa shape index (κ1) is 21.8. The monoisotopic (exact) mass is 454 g/mol. The molecule has 2 heterocycles. The highest BCUT2D eigenvalue weighted by Gasteiger charge is 2.20. The summed E-state index contributed by atoms with van der Waals surface area (Å²) in [6.45, 7) is 5.38. The number of anilines is 1. The summed E-state index contributed by atoms with van der Waals surface area (Å²) in [5.74, 6) is -0.560. The predicted molar refractivity (Wildman–Crippen MR) is 122 cm³/mol. The lowest BCUT2D eigenvalue weighted by Crippen LogP contribution is -2.33. The van der Waals surface area contributed by atoms with Gasteiger partial charge in [0.25, 0.3) is 10.0 Å². The Morgan fingerprint density at radius 1 is 1.12 bits per heavy atom. The maximum atomic E-state index is 14.0. The second-order valence-corrected chi connectivity index (χ2v) is 8.98. The zero-order valence-electron chi connectivity index (χ0n) is 17.7. The van der Waals surface area contributed by atoms with E-state index in [1.807, 2.05) is 30.7 Å². The second kappa shape index (κ2) is 8.58. The van der Waals surface area contributed by atoms with E-state index in [1.54, 1.807) is 29.2 Å². The van der Waals surface area contributed by atoms with Crippen molar-refractivity contribution >= 4 is 43.4 Å². The highest BCUT2D eigenvalue weighted by Crippen LogP contribution is 2.27. The molecule has 0 saturated heterocycles. The zero-order valence-corrected chi connectivity index (χ0v) is 18.6. The van der Waals surface area contributed by atoms with Crippen LogP contribution in [0, 0.1) is 5.82 Å². The van der Waals surface area contributed by atoms with Gasteiger partial charge in [-0.2, -0.15) is 0 Å². The number of likely N-dealkylation sites (N-methyl/N-ethyl adjacent to an activating group) is 1. The van der Waals surface area contributed by atoms with Crippen LogP contribution >= 0.6 is 0 Å². The topological polar surface area (TPSA) is 84.3 Å². The molecule has 0 bridgehead atoms. The number of carbonyl (C=O) groups is 1. The molecule has 2 aromatic carbocycles. The van der Waals surface area contributed by atoms with Gasteiger partial charge < -0.3 is 9.47 Å². The lowest BCUT2D eigenvalue weighted by molar-refractivity contribution is -0.131. The first-order valence-corrected chi connectivity index (χ1v) is 11.7. The van der Waals surface area contributed by atoms with Crippen molar-refractivity contribution in [3.05, 3.63) is 66.7 Å². The number of carbonyl (C=O) groups excluding carboxylic acids is 1. The van der Waals surface area contributed by atoms with E-state index in [-0.39, 0.29) is 28.3 Å². The summed E-state index contributed by atoms with van der Waals surface area (Å²) in [7, 11) is -3.98. The fraction of sp³-hybridized carbons (Fsp3) is 0.217. The summed E-state index contributed by atoms with van der Waals surface area (Å²) in [6, 6.07) is 12.4. The molecular formula is C23H23FN4O3S. The van der Waals surface area contributed by atoms with E-state index in [0.717, 1.165) is 17.0 Å². The van der Waals surface area contributed by atoms with Gasteiger partial charge in [-0.3, -0.25) is 14.5 Å². The highest BCUT2D eigenvalue weighted by molar-refractivity contribution is 7.93. The molecule has 7 nitrogen and oxygen atoms in total. The fourth-order valence-corrected chi connectivity index (χ4v) is 5.03. The van der Waals surface area contributed by atoms with Gasteiger partial charge in [0.05, 0.1) is 4.90 Å². The van der Waals surface area contributed by atoms with E-state index in [9.17, 15) is 17.6 Å². The van der Waals surface area contributed by atoms with Crippen molar-refractivity contribution in [3.63, 3.8) is 0 Å². The van der Waals surface area contributed by atoms with Gasteiger partial charge in [0.15, 0.2) is 0 Å². The van der Waals surface area contributed by atoms with Crippen LogP contribution in [0.25, 0.3) is 21.8 Å². The van der Waals surface area contributed by atoms with E-state index in [1.165, 1.54) is 18.3 Å². The average Bonchev–Trinajstić information content (AvgIpc) is 3.16. The van der Waals surface area contributed by atoms with E-state index >= 15 is 0 Å². The van der Waals surface area contributed by atoms with Crippen LogP contribution < -0.4 is 4.72 Å². The van der Waals surface area contributed by atoms with Gasteiger partial charge in [0.2, 0.25) is 5.91 Å². The van der Waals surface area contributed by atoms with Crippen LogP contribution in [-0.4, -0.2) is 41.9 Å². The fourth-order valence-electron chi connectivity index (χ4n) is 3.78. The van der Waals surface area contributed by atoms with Gasteiger partial charge >= 0.3 is 0 Å². The van der Waals surface area contributed by atoms with Crippen LogP contribution in [0.5, 0.6) is 0 Å².